The van der Waals surface area contributed by atoms with Crippen LogP contribution in [0.25, 0.3) is 6.08 Å². The molecule has 3 heteroatoms. The lowest BCUT2D eigenvalue weighted by Gasteiger charge is -1.99. The van der Waals surface area contributed by atoms with Crippen molar-refractivity contribution in [1.82, 2.24) is 0 Å². The summed E-state index contributed by atoms with van der Waals surface area (Å²) in [7, 11) is 0. The normalized spacial score (nSPS) is 10.3. The van der Waals surface area contributed by atoms with Gasteiger partial charge in [0.15, 0.2) is 5.12 Å². The lowest BCUT2D eigenvalue weighted by molar-refractivity contribution is -0.109. The smallest absolute Gasteiger partial charge is 0.186 e. The SMILES string of the molecule is CC(=O)SCC=Cc1cc(C)ccc1C#N. The molecular formula is C13H13NOS. The molecule has 0 bridgehead atoms. The fraction of sp³-hybridized carbons (Fsp3) is 0.231. The van der Waals surface area contributed by atoms with Gasteiger partial charge in [-0.05, 0) is 18.6 Å². The van der Waals surface area contributed by atoms with Crippen LogP contribution in [-0.4, -0.2) is 10.9 Å². The molecule has 0 spiro atoms. The molecule has 0 heterocycles. The Labute approximate surface area is 100.0 Å². The second-order valence-corrected chi connectivity index (χ2v) is 4.60. The third-order valence-corrected chi connectivity index (χ3v) is 2.77. The summed E-state index contributed by atoms with van der Waals surface area (Å²) < 4.78 is 0. The maximum atomic E-state index is 10.7. The molecular weight excluding hydrogens is 218 g/mol. The van der Waals surface area contributed by atoms with Gasteiger partial charge in [0.1, 0.15) is 0 Å². The van der Waals surface area contributed by atoms with Gasteiger partial charge in [-0.2, -0.15) is 5.26 Å². The minimum absolute atomic E-state index is 0.106. The van der Waals surface area contributed by atoms with Gasteiger partial charge in [0.05, 0.1) is 11.6 Å². The molecule has 0 radical (unpaired) electrons. The van der Waals surface area contributed by atoms with Crippen LogP contribution in [0.2, 0.25) is 0 Å². The van der Waals surface area contributed by atoms with E-state index in [0.29, 0.717) is 11.3 Å². The number of hydrogen-bond donors (Lipinski definition) is 0. The van der Waals surface area contributed by atoms with Crippen LogP contribution in [-0.2, 0) is 4.79 Å². The van der Waals surface area contributed by atoms with Crippen LogP contribution in [0.3, 0.4) is 0 Å². The number of carbonyl (C=O) groups excluding carboxylic acids is 1. The lowest BCUT2D eigenvalue weighted by Crippen LogP contribution is -1.85. The van der Waals surface area contributed by atoms with E-state index in [1.165, 1.54) is 11.8 Å². The molecule has 0 amide bonds. The van der Waals surface area contributed by atoms with Gasteiger partial charge in [-0.15, -0.1) is 0 Å². The highest BCUT2D eigenvalue weighted by Crippen LogP contribution is 2.13. The van der Waals surface area contributed by atoms with Gasteiger partial charge in [-0.1, -0.05) is 41.6 Å². The molecule has 0 aliphatic heterocycles. The minimum atomic E-state index is 0.106. The standard InChI is InChI=1S/C13H13NOS/c1-10-5-6-13(9-14)12(8-10)4-3-7-16-11(2)15/h3-6,8H,7H2,1-2H3. The molecule has 0 saturated heterocycles. The summed E-state index contributed by atoms with van der Waals surface area (Å²) in [6, 6.07) is 7.84. The summed E-state index contributed by atoms with van der Waals surface area (Å²) in [6.07, 6.45) is 3.79. The Bertz CT molecular complexity index is 457. The molecule has 0 saturated carbocycles. The molecule has 0 atom stereocenters. The largest absolute Gasteiger partial charge is 0.288 e. The first kappa shape index (κ1) is 12.5. The van der Waals surface area contributed by atoms with Crippen LogP contribution >= 0.6 is 11.8 Å². The Morgan fingerprint density at radius 2 is 2.31 bits per heavy atom. The second-order valence-electron chi connectivity index (χ2n) is 3.41. The molecule has 2 nitrogen and oxygen atoms in total. The first-order valence-corrected chi connectivity index (χ1v) is 5.92. The highest BCUT2D eigenvalue weighted by atomic mass is 32.2. The van der Waals surface area contributed by atoms with Crippen molar-refractivity contribution in [2.75, 3.05) is 5.75 Å². The quantitative estimate of drug-likeness (QED) is 0.802. The molecule has 0 aliphatic rings. The molecule has 1 rings (SSSR count). The van der Waals surface area contributed by atoms with Crippen LogP contribution in [0.4, 0.5) is 0 Å². The van der Waals surface area contributed by atoms with Gasteiger partial charge in [0, 0.05) is 12.7 Å². The van der Waals surface area contributed by atoms with E-state index < -0.39 is 0 Å². The average Bonchev–Trinajstić information content (AvgIpc) is 2.24. The van der Waals surface area contributed by atoms with E-state index in [1.54, 1.807) is 6.92 Å². The summed E-state index contributed by atoms with van der Waals surface area (Å²) in [5.74, 6) is 0.647. The Hall–Kier alpha value is -1.53. The van der Waals surface area contributed by atoms with Crippen LogP contribution in [0.15, 0.2) is 24.3 Å². The van der Waals surface area contributed by atoms with Gasteiger partial charge >= 0.3 is 0 Å². The van der Waals surface area contributed by atoms with Gasteiger partial charge in [-0.3, -0.25) is 4.79 Å². The zero-order chi connectivity index (χ0) is 12.0. The van der Waals surface area contributed by atoms with Crippen LogP contribution in [0, 0.1) is 18.3 Å². The van der Waals surface area contributed by atoms with Crippen LogP contribution < -0.4 is 0 Å². The monoisotopic (exact) mass is 231 g/mol. The molecule has 0 unspecified atom stereocenters. The van der Waals surface area contributed by atoms with E-state index in [4.69, 9.17) is 5.26 Å². The predicted molar refractivity (Wildman–Crippen MR) is 68.1 cm³/mol. The Morgan fingerprint density at radius 3 is 2.94 bits per heavy atom. The summed E-state index contributed by atoms with van der Waals surface area (Å²) in [6.45, 7) is 3.54. The first-order chi connectivity index (χ1) is 7.63. The maximum absolute atomic E-state index is 10.7. The number of thioether (sulfide) groups is 1. The third-order valence-electron chi connectivity index (χ3n) is 2.01. The minimum Gasteiger partial charge on any atom is -0.288 e. The van der Waals surface area contributed by atoms with Crippen LogP contribution in [0.5, 0.6) is 0 Å². The van der Waals surface area contributed by atoms with Gasteiger partial charge < -0.3 is 0 Å². The van der Waals surface area contributed by atoms with Gasteiger partial charge in [0.25, 0.3) is 0 Å². The van der Waals surface area contributed by atoms with E-state index in [1.807, 2.05) is 37.3 Å². The Morgan fingerprint density at radius 1 is 1.56 bits per heavy atom. The summed E-state index contributed by atoms with van der Waals surface area (Å²) in [5.41, 5.74) is 2.69. The lowest BCUT2D eigenvalue weighted by atomic mass is 10.1. The van der Waals surface area contributed by atoms with E-state index in [0.717, 1.165) is 11.1 Å². The van der Waals surface area contributed by atoms with Crippen LogP contribution in [0.1, 0.15) is 23.6 Å². The van der Waals surface area contributed by atoms with Crippen molar-refractivity contribution in [3.63, 3.8) is 0 Å². The number of nitriles is 1. The first-order valence-electron chi connectivity index (χ1n) is 4.94. The van der Waals surface area contributed by atoms with Gasteiger partial charge in [0.2, 0.25) is 0 Å². The van der Waals surface area contributed by atoms with Crippen molar-refractivity contribution in [2.24, 2.45) is 0 Å². The number of hydrogen-bond acceptors (Lipinski definition) is 3. The van der Waals surface area contributed by atoms with E-state index >= 15 is 0 Å². The fourth-order valence-electron chi connectivity index (χ4n) is 1.26. The van der Waals surface area contributed by atoms with E-state index in [2.05, 4.69) is 6.07 Å². The number of nitrogens with zero attached hydrogens (tertiary/aromatic N) is 1. The van der Waals surface area contributed by atoms with Gasteiger partial charge in [-0.25, -0.2) is 0 Å². The summed E-state index contributed by atoms with van der Waals surface area (Å²) in [4.78, 5) is 10.7. The molecule has 16 heavy (non-hydrogen) atoms. The highest BCUT2D eigenvalue weighted by molar-refractivity contribution is 8.13. The molecule has 82 valence electrons. The van der Waals surface area contributed by atoms with Crippen molar-refractivity contribution in [3.05, 3.63) is 41.0 Å². The van der Waals surface area contributed by atoms with E-state index in [-0.39, 0.29) is 5.12 Å². The molecule has 0 aromatic heterocycles. The average molecular weight is 231 g/mol. The number of benzene rings is 1. The highest BCUT2D eigenvalue weighted by Gasteiger charge is 1.98. The molecule has 0 fully saturated rings. The summed E-state index contributed by atoms with van der Waals surface area (Å²) >= 11 is 1.26. The fourth-order valence-corrected chi connectivity index (χ4v) is 1.69. The second kappa shape index (κ2) is 6.14. The van der Waals surface area contributed by atoms with Crippen molar-refractivity contribution < 1.29 is 4.79 Å². The maximum Gasteiger partial charge on any atom is 0.186 e. The number of aryl methyl sites for hydroxylation is 1. The Balaban J connectivity index is 2.76. The van der Waals surface area contributed by atoms with Crippen molar-refractivity contribution in [3.8, 4) is 6.07 Å². The number of rotatable bonds is 3. The number of carbonyl (C=O) groups is 1. The van der Waals surface area contributed by atoms with Crippen molar-refractivity contribution in [1.29, 1.82) is 5.26 Å². The van der Waals surface area contributed by atoms with Crippen molar-refractivity contribution >= 4 is 23.0 Å². The third kappa shape index (κ3) is 3.92. The Kier molecular flexibility index (Phi) is 4.81. The molecule has 1 aromatic carbocycles. The van der Waals surface area contributed by atoms with E-state index in [9.17, 15) is 4.79 Å². The molecule has 1 aromatic rings. The topological polar surface area (TPSA) is 40.9 Å². The molecule has 0 N–H and O–H groups in total. The predicted octanol–water partition coefficient (Wildman–Crippen LogP) is 3.16. The zero-order valence-corrected chi connectivity index (χ0v) is 10.2. The van der Waals surface area contributed by atoms with Crippen molar-refractivity contribution in [2.45, 2.75) is 13.8 Å². The summed E-state index contributed by atoms with van der Waals surface area (Å²) in [5, 5.41) is 9.02. The zero-order valence-electron chi connectivity index (χ0n) is 9.36. The molecule has 0 aliphatic carbocycles.